The van der Waals surface area contributed by atoms with Gasteiger partial charge in [0.25, 0.3) is 0 Å². The fraction of sp³-hybridized carbons (Fsp3) is 0.579. The number of aryl methyl sites for hydroxylation is 1. The second-order valence-electron chi connectivity index (χ2n) is 6.10. The van der Waals surface area contributed by atoms with Crippen molar-refractivity contribution in [3.05, 3.63) is 41.2 Å². The molecule has 1 aliphatic carbocycles. The molecule has 2 rings (SSSR count). The van der Waals surface area contributed by atoms with E-state index in [0.717, 1.165) is 44.1 Å². The highest BCUT2D eigenvalue weighted by Crippen LogP contribution is 2.19. The summed E-state index contributed by atoms with van der Waals surface area (Å²) in [6, 6.07) is 4.20. The number of allylic oxidation sites excluding steroid dienone is 1. The maximum Gasteiger partial charge on any atom is 0.191 e. The summed E-state index contributed by atoms with van der Waals surface area (Å²) in [4.78, 5) is 9.03. The molecule has 0 radical (unpaired) electrons. The van der Waals surface area contributed by atoms with Gasteiger partial charge in [0.2, 0.25) is 0 Å². The number of aliphatic imine (C=N–C) groups is 1. The highest BCUT2D eigenvalue weighted by Gasteiger charge is 2.03. The Morgan fingerprint density at radius 3 is 2.75 bits per heavy atom. The first-order valence-corrected chi connectivity index (χ1v) is 8.89. The van der Waals surface area contributed by atoms with Gasteiger partial charge in [0, 0.05) is 31.5 Å². The van der Waals surface area contributed by atoms with Crippen molar-refractivity contribution in [2.75, 3.05) is 19.6 Å². The van der Waals surface area contributed by atoms with Gasteiger partial charge in [0.15, 0.2) is 5.96 Å². The van der Waals surface area contributed by atoms with Gasteiger partial charge in [-0.2, -0.15) is 0 Å². The third-order valence-corrected chi connectivity index (χ3v) is 4.11. The zero-order valence-corrected chi connectivity index (χ0v) is 17.3. The second-order valence-corrected chi connectivity index (χ2v) is 6.10. The number of pyridine rings is 1. The van der Waals surface area contributed by atoms with E-state index in [2.05, 4.69) is 40.8 Å². The van der Waals surface area contributed by atoms with Gasteiger partial charge < -0.3 is 10.6 Å². The van der Waals surface area contributed by atoms with Crippen molar-refractivity contribution in [1.29, 1.82) is 0 Å². The lowest BCUT2D eigenvalue weighted by molar-refractivity contribution is 0.674. The van der Waals surface area contributed by atoms with E-state index in [0.29, 0.717) is 0 Å². The first-order valence-electron chi connectivity index (χ1n) is 8.89. The zero-order chi connectivity index (χ0) is 16.3. The van der Waals surface area contributed by atoms with E-state index in [1.165, 1.54) is 31.2 Å². The summed E-state index contributed by atoms with van der Waals surface area (Å²) in [5.41, 5.74) is 3.90. The van der Waals surface area contributed by atoms with Crippen LogP contribution in [0.1, 0.15) is 50.3 Å². The van der Waals surface area contributed by atoms with Crippen molar-refractivity contribution in [3.8, 4) is 0 Å². The number of hydrogen-bond acceptors (Lipinski definition) is 2. The lowest BCUT2D eigenvalue weighted by Crippen LogP contribution is -2.38. The maximum atomic E-state index is 4.69. The average molecular weight is 442 g/mol. The van der Waals surface area contributed by atoms with Crippen LogP contribution in [0.2, 0.25) is 0 Å². The van der Waals surface area contributed by atoms with Gasteiger partial charge >= 0.3 is 0 Å². The second kappa shape index (κ2) is 12.3. The highest BCUT2D eigenvalue weighted by atomic mass is 127. The molecule has 0 saturated carbocycles. The van der Waals surface area contributed by atoms with Crippen LogP contribution in [0.15, 0.2) is 35.0 Å². The van der Waals surface area contributed by atoms with E-state index >= 15 is 0 Å². The van der Waals surface area contributed by atoms with Crippen LogP contribution in [-0.2, 0) is 6.42 Å². The van der Waals surface area contributed by atoms with Gasteiger partial charge in [0.1, 0.15) is 0 Å². The molecule has 4 nitrogen and oxygen atoms in total. The van der Waals surface area contributed by atoms with Crippen LogP contribution < -0.4 is 10.6 Å². The van der Waals surface area contributed by atoms with Crippen LogP contribution in [0.3, 0.4) is 0 Å². The van der Waals surface area contributed by atoms with Gasteiger partial charge in [-0.1, -0.05) is 17.7 Å². The molecule has 1 heterocycles. The summed E-state index contributed by atoms with van der Waals surface area (Å²) >= 11 is 0. The fourth-order valence-electron chi connectivity index (χ4n) is 2.76. The normalized spacial score (nSPS) is 14.6. The van der Waals surface area contributed by atoms with Crippen molar-refractivity contribution in [2.24, 2.45) is 4.99 Å². The van der Waals surface area contributed by atoms with Crippen molar-refractivity contribution in [2.45, 2.75) is 52.4 Å². The summed E-state index contributed by atoms with van der Waals surface area (Å²) in [6.07, 6.45) is 11.6. The van der Waals surface area contributed by atoms with Crippen molar-refractivity contribution < 1.29 is 0 Å². The van der Waals surface area contributed by atoms with E-state index in [1.807, 2.05) is 13.1 Å². The molecule has 1 aromatic rings. The topological polar surface area (TPSA) is 49.3 Å². The molecule has 1 aliphatic rings. The van der Waals surface area contributed by atoms with Gasteiger partial charge in [-0.3, -0.25) is 9.98 Å². The first-order chi connectivity index (χ1) is 11.3. The minimum atomic E-state index is 0. The Labute approximate surface area is 163 Å². The van der Waals surface area contributed by atoms with Crippen molar-refractivity contribution in [1.82, 2.24) is 15.6 Å². The molecule has 134 valence electrons. The molecule has 24 heavy (non-hydrogen) atoms. The Bertz CT molecular complexity index is 523. The van der Waals surface area contributed by atoms with Gasteiger partial charge in [-0.15, -0.1) is 24.0 Å². The molecular formula is C19H31IN4. The fourth-order valence-corrected chi connectivity index (χ4v) is 2.76. The van der Waals surface area contributed by atoms with Crippen LogP contribution in [0.25, 0.3) is 0 Å². The standard InChI is InChI=1S/C19H30N4.HI/c1-3-20-19(21-13-11-17-7-5-4-6-8-17)22-14-12-18-10-9-16(2)23-15-18;/h7,9-10,15H,3-6,8,11-14H2,1-2H3,(H2,20,21,22);1H. The first kappa shape index (κ1) is 20.9. The Balaban J connectivity index is 0.00000288. The summed E-state index contributed by atoms with van der Waals surface area (Å²) in [5, 5.41) is 6.73. The number of nitrogens with zero attached hydrogens (tertiary/aromatic N) is 2. The lowest BCUT2D eigenvalue weighted by Gasteiger charge is -2.13. The number of hydrogen-bond donors (Lipinski definition) is 2. The number of guanidine groups is 1. The summed E-state index contributed by atoms with van der Waals surface area (Å²) in [7, 11) is 0. The Kier molecular flexibility index (Phi) is 10.7. The van der Waals surface area contributed by atoms with Gasteiger partial charge in [-0.25, -0.2) is 0 Å². The molecule has 0 unspecified atom stereocenters. The van der Waals surface area contributed by atoms with Crippen molar-refractivity contribution >= 4 is 29.9 Å². The molecule has 0 saturated heterocycles. The van der Waals surface area contributed by atoms with E-state index < -0.39 is 0 Å². The van der Waals surface area contributed by atoms with Crippen molar-refractivity contribution in [3.63, 3.8) is 0 Å². The van der Waals surface area contributed by atoms with Crippen LogP contribution in [0.4, 0.5) is 0 Å². The Morgan fingerprint density at radius 2 is 2.08 bits per heavy atom. The number of aromatic nitrogens is 1. The maximum absolute atomic E-state index is 4.69. The summed E-state index contributed by atoms with van der Waals surface area (Å²) in [6.45, 7) is 6.75. The van der Waals surface area contributed by atoms with Gasteiger partial charge in [0.05, 0.1) is 0 Å². The van der Waals surface area contributed by atoms with E-state index in [4.69, 9.17) is 4.99 Å². The SMILES string of the molecule is CCNC(=NCCC1=CCCCC1)NCCc1ccc(C)nc1.I. The third kappa shape index (κ3) is 8.13. The molecule has 0 atom stereocenters. The summed E-state index contributed by atoms with van der Waals surface area (Å²) < 4.78 is 0. The summed E-state index contributed by atoms with van der Waals surface area (Å²) in [5.74, 6) is 0.920. The highest BCUT2D eigenvalue weighted by molar-refractivity contribution is 14.0. The molecule has 2 N–H and O–H groups in total. The molecule has 5 heteroatoms. The molecule has 0 fully saturated rings. The van der Waals surface area contributed by atoms with Crippen LogP contribution >= 0.6 is 24.0 Å². The number of rotatable bonds is 7. The zero-order valence-electron chi connectivity index (χ0n) is 15.0. The monoisotopic (exact) mass is 442 g/mol. The van der Waals surface area contributed by atoms with Crippen LogP contribution in [0, 0.1) is 6.92 Å². The molecule has 1 aromatic heterocycles. The molecular weight excluding hydrogens is 411 g/mol. The minimum Gasteiger partial charge on any atom is -0.357 e. The largest absolute Gasteiger partial charge is 0.357 e. The van der Waals surface area contributed by atoms with E-state index in [-0.39, 0.29) is 24.0 Å². The van der Waals surface area contributed by atoms with E-state index in [1.54, 1.807) is 5.57 Å². The van der Waals surface area contributed by atoms with E-state index in [9.17, 15) is 0 Å². The Morgan fingerprint density at radius 1 is 1.21 bits per heavy atom. The quantitative estimate of drug-likeness (QED) is 0.291. The average Bonchev–Trinajstić information content (AvgIpc) is 2.58. The predicted octanol–water partition coefficient (Wildman–Crippen LogP) is 4.00. The smallest absolute Gasteiger partial charge is 0.191 e. The lowest BCUT2D eigenvalue weighted by atomic mass is 9.97. The van der Waals surface area contributed by atoms with Crippen LogP contribution in [0.5, 0.6) is 0 Å². The van der Waals surface area contributed by atoms with Crippen LogP contribution in [-0.4, -0.2) is 30.6 Å². The van der Waals surface area contributed by atoms with Gasteiger partial charge in [-0.05, 0) is 64.0 Å². The molecule has 0 bridgehead atoms. The number of nitrogens with one attached hydrogen (secondary N) is 2. The molecule has 0 spiro atoms. The molecule has 0 aromatic carbocycles. The minimum absolute atomic E-state index is 0. The Hall–Kier alpha value is -1.11. The number of halogens is 1. The third-order valence-electron chi connectivity index (χ3n) is 4.11. The predicted molar refractivity (Wildman–Crippen MR) is 113 cm³/mol. The molecule has 0 aliphatic heterocycles. The molecule has 0 amide bonds.